The number of aromatic amines is 1. The minimum absolute atomic E-state index is 0.0193. The number of H-pyrrole nitrogens is 1. The van der Waals surface area contributed by atoms with Crippen molar-refractivity contribution in [3.8, 4) is 5.69 Å². The number of thioether (sulfide) groups is 1. The third kappa shape index (κ3) is 4.67. The quantitative estimate of drug-likeness (QED) is 0.771. The Labute approximate surface area is 161 Å². The van der Waals surface area contributed by atoms with E-state index in [-0.39, 0.29) is 37.6 Å². The van der Waals surface area contributed by atoms with Gasteiger partial charge in [-0.3, -0.25) is 4.79 Å². The van der Waals surface area contributed by atoms with Gasteiger partial charge in [0.2, 0.25) is 5.91 Å². The summed E-state index contributed by atoms with van der Waals surface area (Å²) in [7, 11) is 0. The molecule has 0 aliphatic carbocycles. The molecule has 1 fully saturated rings. The highest BCUT2D eigenvalue weighted by molar-refractivity contribution is 7.99. The van der Waals surface area contributed by atoms with Crippen molar-refractivity contribution in [2.45, 2.75) is 24.2 Å². The second-order valence-corrected chi connectivity index (χ2v) is 7.49. The number of rotatable bonds is 4. The van der Waals surface area contributed by atoms with E-state index in [1.54, 1.807) is 24.3 Å². The number of aromatic nitrogens is 3. The van der Waals surface area contributed by atoms with Crippen molar-refractivity contribution < 1.29 is 18.0 Å². The SMILES string of the molecule is O=C(CSc1n[nH]c(=O)n1-c1ccc(Cl)cc1)N1CCC(C(F)(F)F)CC1. The van der Waals surface area contributed by atoms with Crippen LogP contribution in [0.5, 0.6) is 0 Å². The minimum Gasteiger partial charge on any atom is -0.342 e. The summed E-state index contributed by atoms with van der Waals surface area (Å²) in [6.07, 6.45) is -4.39. The highest BCUT2D eigenvalue weighted by atomic mass is 35.5. The van der Waals surface area contributed by atoms with Crippen molar-refractivity contribution in [2.75, 3.05) is 18.8 Å². The topological polar surface area (TPSA) is 71.0 Å². The van der Waals surface area contributed by atoms with Gasteiger partial charge in [0, 0.05) is 18.1 Å². The van der Waals surface area contributed by atoms with Crippen LogP contribution in [0.15, 0.2) is 34.2 Å². The average Bonchev–Trinajstić information content (AvgIpc) is 3.00. The Morgan fingerprint density at radius 2 is 1.89 bits per heavy atom. The zero-order valence-electron chi connectivity index (χ0n) is 14.0. The summed E-state index contributed by atoms with van der Waals surface area (Å²) in [6.45, 7) is 0.155. The molecular formula is C16H16ClF3N4O2S. The number of alkyl halides is 3. The van der Waals surface area contributed by atoms with E-state index in [9.17, 15) is 22.8 Å². The lowest BCUT2D eigenvalue weighted by Gasteiger charge is -2.32. The summed E-state index contributed by atoms with van der Waals surface area (Å²) < 4.78 is 39.4. The minimum atomic E-state index is -4.21. The Morgan fingerprint density at radius 3 is 2.48 bits per heavy atom. The van der Waals surface area contributed by atoms with E-state index in [1.165, 1.54) is 9.47 Å². The first-order valence-corrected chi connectivity index (χ1v) is 9.52. The largest absolute Gasteiger partial charge is 0.391 e. The maximum absolute atomic E-state index is 12.7. The van der Waals surface area contributed by atoms with E-state index >= 15 is 0 Å². The molecule has 2 heterocycles. The fraction of sp³-hybridized carbons (Fsp3) is 0.438. The second kappa shape index (κ2) is 7.97. The third-order valence-electron chi connectivity index (χ3n) is 4.36. The van der Waals surface area contributed by atoms with Gasteiger partial charge in [0.25, 0.3) is 0 Å². The molecule has 27 heavy (non-hydrogen) atoms. The van der Waals surface area contributed by atoms with E-state index in [0.717, 1.165) is 11.8 Å². The molecule has 0 unspecified atom stereocenters. The monoisotopic (exact) mass is 420 g/mol. The summed E-state index contributed by atoms with van der Waals surface area (Å²) in [5.41, 5.74) is 0.0809. The van der Waals surface area contributed by atoms with Gasteiger partial charge < -0.3 is 4.90 Å². The molecule has 1 amide bonds. The Morgan fingerprint density at radius 1 is 1.26 bits per heavy atom. The lowest BCUT2D eigenvalue weighted by molar-refractivity contribution is -0.186. The first-order chi connectivity index (χ1) is 12.8. The molecule has 0 bridgehead atoms. The predicted octanol–water partition coefficient (Wildman–Crippen LogP) is 3.11. The molecule has 1 aromatic carbocycles. The van der Waals surface area contributed by atoms with Gasteiger partial charge in [-0.15, -0.1) is 5.10 Å². The standard InChI is InChI=1S/C16H16ClF3N4O2S/c17-11-1-3-12(4-2-11)24-14(26)21-22-15(24)27-9-13(25)23-7-5-10(6-8-23)16(18,19)20/h1-4,10H,5-9H2,(H,21,26). The molecule has 0 spiro atoms. The van der Waals surface area contributed by atoms with Crippen molar-refractivity contribution in [1.29, 1.82) is 0 Å². The Hall–Kier alpha value is -1.94. The first kappa shape index (κ1) is 19.8. The number of likely N-dealkylation sites (tertiary alicyclic amines) is 1. The van der Waals surface area contributed by atoms with Crippen molar-refractivity contribution in [3.05, 3.63) is 39.8 Å². The number of hydrogen-bond acceptors (Lipinski definition) is 4. The Bertz CT molecular complexity index is 858. The molecule has 6 nitrogen and oxygen atoms in total. The summed E-state index contributed by atoms with van der Waals surface area (Å²) in [6, 6.07) is 6.54. The molecule has 1 aromatic heterocycles. The van der Waals surface area contributed by atoms with Gasteiger partial charge in [-0.2, -0.15) is 13.2 Å². The number of carbonyl (C=O) groups excluding carboxylic acids is 1. The van der Waals surface area contributed by atoms with Crippen LogP contribution in [0.2, 0.25) is 5.02 Å². The van der Waals surface area contributed by atoms with Crippen molar-refractivity contribution in [3.63, 3.8) is 0 Å². The lowest BCUT2D eigenvalue weighted by Crippen LogP contribution is -2.42. The third-order valence-corrected chi connectivity index (χ3v) is 5.54. The van der Waals surface area contributed by atoms with Gasteiger partial charge in [0.1, 0.15) is 0 Å². The van der Waals surface area contributed by atoms with E-state index in [4.69, 9.17) is 11.6 Å². The van der Waals surface area contributed by atoms with Crippen molar-refractivity contribution >= 4 is 29.3 Å². The number of amides is 1. The molecule has 0 radical (unpaired) electrons. The van der Waals surface area contributed by atoms with Gasteiger partial charge in [-0.05, 0) is 37.1 Å². The zero-order chi connectivity index (χ0) is 19.6. The molecule has 0 saturated carbocycles. The van der Waals surface area contributed by atoms with Crippen LogP contribution in [0.1, 0.15) is 12.8 Å². The summed E-state index contributed by atoms with van der Waals surface area (Å²) in [5.74, 6) is -1.65. The normalized spacial score (nSPS) is 15.9. The highest BCUT2D eigenvalue weighted by Crippen LogP contribution is 2.34. The highest BCUT2D eigenvalue weighted by Gasteiger charge is 2.41. The zero-order valence-corrected chi connectivity index (χ0v) is 15.6. The molecule has 1 saturated heterocycles. The van der Waals surface area contributed by atoms with Gasteiger partial charge in [0.15, 0.2) is 5.16 Å². The Balaban J connectivity index is 1.62. The summed E-state index contributed by atoms with van der Waals surface area (Å²) in [5, 5.41) is 7.05. The smallest absolute Gasteiger partial charge is 0.342 e. The van der Waals surface area contributed by atoms with Crippen LogP contribution < -0.4 is 5.69 Å². The fourth-order valence-corrected chi connectivity index (χ4v) is 3.86. The molecule has 1 aliphatic rings. The molecule has 11 heteroatoms. The molecule has 0 atom stereocenters. The molecule has 3 rings (SSSR count). The van der Waals surface area contributed by atoms with Crippen LogP contribution in [-0.2, 0) is 4.79 Å². The molecule has 146 valence electrons. The average molecular weight is 421 g/mol. The van der Waals surface area contributed by atoms with E-state index in [0.29, 0.717) is 15.9 Å². The van der Waals surface area contributed by atoms with Crippen LogP contribution in [0, 0.1) is 5.92 Å². The number of benzene rings is 1. The van der Waals surface area contributed by atoms with Crippen LogP contribution in [0.4, 0.5) is 13.2 Å². The van der Waals surface area contributed by atoms with Crippen LogP contribution in [-0.4, -0.2) is 50.6 Å². The fourth-order valence-electron chi connectivity index (χ4n) is 2.87. The first-order valence-electron chi connectivity index (χ1n) is 8.16. The van der Waals surface area contributed by atoms with E-state index in [2.05, 4.69) is 10.2 Å². The van der Waals surface area contributed by atoms with Crippen molar-refractivity contribution in [1.82, 2.24) is 19.7 Å². The summed E-state index contributed by atoms with van der Waals surface area (Å²) >= 11 is 6.89. The van der Waals surface area contributed by atoms with Crippen LogP contribution in [0.3, 0.4) is 0 Å². The number of nitrogens with zero attached hydrogens (tertiary/aromatic N) is 3. The molecule has 1 aliphatic heterocycles. The number of nitrogens with one attached hydrogen (secondary N) is 1. The van der Waals surface area contributed by atoms with Crippen LogP contribution in [0.25, 0.3) is 5.69 Å². The van der Waals surface area contributed by atoms with E-state index in [1.807, 2.05) is 0 Å². The number of halogens is 4. The number of carbonyl (C=O) groups is 1. The van der Waals surface area contributed by atoms with Gasteiger partial charge >= 0.3 is 11.9 Å². The predicted molar refractivity (Wildman–Crippen MR) is 95.3 cm³/mol. The van der Waals surface area contributed by atoms with Crippen LogP contribution >= 0.6 is 23.4 Å². The van der Waals surface area contributed by atoms with Gasteiger partial charge in [-0.1, -0.05) is 23.4 Å². The maximum Gasteiger partial charge on any atom is 0.391 e. The van der Waals surface area contributed by atoms with Gasteiger partial charge in [0.05, 0.1) is 17.4 Å². The lowest BCUT2D eigenvalue weighted by atomic mass is 9.96. The Kier molecular flexibility index (Phi) is 5.85. The molecular weight excluding hydrogens is 405 g/mol. The molecule has 2 aromatic rings. The second-order valence-electron chi connectivity index (χ2n) is 6.11. The number of piperidine rings is 1. The maximum atomic E-state index is 12.7. The molecule has 1 N–H and O–H groups in total. The van der Waals surface area contributed by atoms with Crippen molar-refractivity contribution in [2.24, 2.45) is 5.92 Å². The van der Waals surface area contributed by atoms with E-state index < -0.39 is 17.8 Å². The number of hydrogen-bond donors (Lipinski definition) is 1. The van der Waals surface area contributed by atoms with Gasteiger partial charge in [-0.25, -0.2) is 14.5 Å². The summed E-state index contributed by atoms with van der Waals surface area (Å²) in [4.78, 5) is 25.7.